The molecule has 0 saturated heterocycles. The first kappa shape index (κ1) is 17.2. The summed E-state index contributed by atoms with van der Waals surface area (Å²) in [5.74, 6) is 3.26. The first-order valence-electron chi connectivity index (χ1n) is 9.93. The van der Waals surface area contributed by atoms with Crippen molar-refractivity contribution < 1.29 is 4.39 Å². The molecule has 6 heteroatoms. The molecule has 4 aliphatic carbocycles. The van der Waals surface area contributed by atoms with Crippen molar-refractivity contribution in [3.8, 4) is 0 Å². The maximum atomic E-state index is 13.0. The Hall–Kier alpha value is -1.95. The molecule has 6 rings (SSSR count). The summed E-state index contributed by atoms with van der Waals surface area (Å²) in [5.41, 5.74) is 1.22. The van der Waals surface area contributed by atoms with Crippen molar-refractivity contribution in [1.29, 1.82) is 0 Å². The molecule has 1 heterocycles. The predicted octanol–water partition coefficient (Wildman–Crippen LogP) is 4.43. The highest BCUT2D eigenvalue weighted by Crippen LogP contribution is 2.58. The number of thiocarbonyl (C=S) groups is 1. The van der Waals surface area contributed by atoms with Gasteiger partial charge in [-0.1, -0.05) is 12.1 Å². The molecule has 4 saturated carbocycles. The number of nitrogens with zero attached hydrogens (tertiary/aromatic N) is 2. The summed E-state index contributed by atoms with van der Waals surface area (Å²) in [6.45, 7) is 0.557. The van der Waals surface area contributed by atoms with E-state index in [0.29, 0.717) is 11.7 Å². The van der Waals surface area contributed by atoms with Gasteiger partial charge in [-0.15, -0.1) is 0 Å². The number of aromatic nitrogens is 2. The first-order valence-corrected chi connectivity index (χ1v) is 10.3. The molecule has 0 amide bonds. The second-order valence-corrected chi connectivity index (χ2v) is 9.13. The standard InChI is InChI=1S/C21H25FN4S/c22-18-3-1-14(2-4-18)13-23-20(27)24-19-5-6-26(25-19)21-10-15-7-16(11-21)9-17(8-15)12-21/h1-6,15-17H,7-13H2,(H2,23,24,25,27). The number of anilines is 1. The molecule has 0 aliphatic heterocycles. The van der Waals surface area contributed by atoms with E-state index in [1.54, 1.807) is 12.1 Å². The molecule has 0 unspecified atom stereocenters. The van der Waals surface area contributed by atoms with Crippen molar-refractivity contribution in [2.24, 2.45) is 17.8 Å². The van der Waals surface area contributed by atoms with Crippen LogP contribution in [0.5, 0.6) is 0 Å². The number of benzene rings is 1. The van der Waals surface area contributed by atoms with Crippen LogP contribution in [0.25, 0.3) is 0 Å². The molecular formula is C21H25FN4S. The minimum Gasteiger partial charge on any atom is -0.358 e. The predicted molar refractivity (Wildman–Crippen MR) is 108 cm³/mol. The van der Waals surface area contributed by atoms with Crippen molar-refractivity contribution in [2.75, 3.05) is 5.32 Å². The van der Waals surface area contributed by atoms with Gasteiger partial charge in [-0.3, -0.25) is 4.68 Å². The maximum Gasteiger partial charge on any atom is 0.172 e. The zero-order valence-electron chi connectivity index (χ0n) is 15.3. The van der Waals surface area contributed by atoms with Gasteiger partial charge in [0.25, 0.3) is 0 Å². The van der Waals surface area contributed by atoms with Crippen LogP contribution in [0.2, 0.25) is 0 Å². The smallest absolute Gasteiger partial charge is 0.172 e. The molecule has 0 spiro atoms. The van der Waals surface area contributed by atoms with Crippen LogP contribution in [0.15, 0.2) is 36.5 Å². The van der Waals surface area contributed by atoms with Gasteiger partial charge >= 0.3 is 0 Å². The summed E-state index contributed by atoms with van der Waals surface area (Å²) in [6, 6.07) is 8.45. The van der Waals surface area contributed by atoms with Gasteiger partial charge in [0, 0.05) is 18.8 Å². The van der Waals surface area contributed by atoms with Gasteiger partial charge in [0.2, 0.25) is 0 Å². The zero-order chi connectivity index (χ0) is 18.4. The van der Waals surface area contributed by atoms with Crippen LogP contribution >= 0.6 is 12.2 Å². The van der Waals surface area contributed by atoms with E-state index in [9.17, 15) is 4.39 Å². The number of halogens is 1. The highest BCUT2D eigenvalue weighted by atomic mass is 32.1. The van der Waals surface area contributed by atoms with Gasteiger partial charge < -0.3 is 10.6 Å². The van der Waals surface area contributed by atoms with Crippen LogP contribution in [0.4, 0.5) is 10.2 Å². The first-order chi connectivity index (χ1) is 13.1. The minimum atomic E-state index is -0.227. The summed E-state index contributed by atoms with van der Waals surface area (Å²) in [6.07, 6.45) is 10.3. The van der Waals surface area contributed by atoms with Gasteiger partial charge in [0.1, 0.15) is 5.82 Å². The molecule has 142 valence electrons. The quantitative estimate of drug-likeness (QED) is 0.765. The Morgan fingerprint density at radius 2 is 1.70 bits per heavy atom. The molecule has 1 aromatic heterocycles. The molecule has 1 aromatic carbocycles. The topological polar surface area (TPSA) is 41.9 Å². The lowest BCUT2D eigenvalue weighted by atomic mass is 9.53. The third-order valence-electron chi connectivity index (χ3n) is 6.69. The van der Waals surface area contributed by atoms with Gasteiger partial charge in [0.05, 0.1) is 5.54 Å². The Bertz CT molecular complexity index is 809. The number of nitrogens with one attached hydrogen (secondary N) is 2. The molecule has 0 atom stereocenters. The van der Waals surface area contributed by atoms with Crippen LogP contribution in [-0.4, -0.2) is 14.9 Å². The second-order valence-electron chi connectivity index (χ2n) is 8.72. The monoisotopic (exact) mass is 384 g/mol. The third-order valence-corrected chi connectivity index (χ3v) is 6.94. The van der Waals surface area contributed by atoms with Crippen molar-refractivity contribution in [2.45, 2.75) is 50.6 Å². The lowest BCUT2D eigenvalue weighted by molar-refractivity contribution is -0.0492. The van der Waals surface area contributed by atoms with Crippen molar-refractivity contribution in [1.82, 2.24) is 15.1 Å². The summed E-state index contributed by atoms with van der Waals surface area (Å²) >= 11 is 5.39. The Morgan fingerprint density at radius 3 is 2.33 bits per heavy atom. The highest BCUT2D eigenvalue weighted by molar-refractivity contribution is 7.80. The SMILES string of the molecule is Fc1ccc(CNC(=S)Nc2ccn(C34CC5CC(CC(C5)C3)C4)n2)cc1. The Labute approximate surface area is 164 Å². The average molecular weight is 385 g/mol. The Kier molecular flexibility index (Phi) is 4.19. The molecule has 0 radical (unpaired) electrons. The molecule has 4 bridgehead atoms. The lowest BCUT2D eigenvalue weighted by Crippen LogP contribution is -2.52. The van der Waals surface area contributed by atoms with Crippen molar-refractivity contribution in [3.05, 3.63) is 47.9 Å². The number of rotatable bonds is 4. The highest BCUT2D eigenvalue weighted by Gasteiger charge is 2.52. The fraction of sp³-hybridized carbons (Fsp3) is 0.524. The van der Waals surface area contributed by atoms with Crippen molar-refractivity contribution in [3.63, 3.8) is 0 Å². The van der Waals surface area contributed by atoms with Gasteiger partial charge in [-0.2, -0.15) is 5.10 Å². The number of hydrogen-bond acceptors (Lipinski definition) is 2. The van der Waals surface area contributed by atoms with E-state index in [1.807, 2.05) is 6.07 Å². The van der Waals surface area contributed by atoms with E-state index in [0.717, 1.165) is 29.1 Å². The second kappa shape index (κ2) is 6.59. The largest absolute Gasteiger partial charge is 0.358 e. The molecule has 27 heavy (non-hydrogen) atoms. The summed E-state index contributed by atoms with van der Waals surface area (Å²) in [4.78, 5) is 0. The van der Waals surface area contributed by atoms with E-state index in [4.69, 9.17) is 17.3 Å². The minimum absolute atomic E-state index is 0.227. The summed E-state index contributed by atoms with van der Waals surface area (Å²) in [7, 11) is 0. The van der Waals surface area contributed by atoms with Crippen LogP contribution < -0.4 is 10.6 Å². The normalized spacial score (nSPS) is 31.1. The zero-order valence-corrected chi connectivity index (χ0v) is 16.1. The van der Waals surface area contributed by atoms with Gasteiger partial charge in [-0.05, 0) is 86.2 Å². The van der Waals surface area contributed by atoms with E-state index in [2.05, 4.69) is 21.5 Å². The molecule has 4 aliphatic rings. The summed E-state index contributed by atoms with van der Waals surface area (Å²) in [5, 5.41) is 11.7. The molecule has 4 nitrogen and oxygen atoms in total. The fourth-order valence-corrected chi connectivity index (χ4v) is 6.12. The van der Waals surface area contributed by atoms with Crippen LogP contribution in [0.3, 0.4) is 0 Å². The number of hydrogen-bond donors (Lipinski definition) is 2. The molecule has 4 fully saturated rings. The van der Waals surface area contributed by atoms with E-state index >= 15 is 0 Å². The maximum absolute atomic E-state index is 13.0. The van der Waals surface area contributed by atoms with Crippen LogP contribution in [-0.2, 0) is 12.1 Å². The molecule has 2 aromatic rings. The van der Waals surface area contributed by atoms with E-state index in [-0.39, 0.29) is 11.4 Å². The molecular weight excluding hydrogens is 359 g/mol. The summed E-state index contributed by atoms with van der Waals surface area (Å²) < 4.78 is 15.2. The van der Waals surface area contributed by atoms with Gasteiger partial charge in [-0.25, -0.2) is 4.39 Å². The van der Waals surface area contributed by atoms with Crippen molar-refractivity contribution >= 4 is 23.1 Å². The van der Waals surface area contributed by atoms with Crippen LogP contribution in [0.1, 0.15) is 44.1 Å². The Morgan fingerprint density at radius 1 is 1.07 bits per heavy atom. The third kappa shape index (κ3) is 3.35. The average Bonchev–Trinajstić information content (AvgIpc) is 3.09. The Balaban J connectivity index is 1.22. The van der Waals surface area contributed by atoms with E-state index in [1.165, 1.54) is 50.7 Å². The van der Waals surface area contributed by atoms with Crippen LogP contribution in [0, 0.1) is 23.6 Å². The lowest BCUT2D eigenvalue weighted by Gasteiger charge is -2.56. The van der Waals surface area contributed by atoms with E-state index < -0.39 is 0 Å². The molecule has 2 N–H and O–H groups in total. The van der Waals surface area contributed by atoms with Gasteiger partial charge in [0.15, 0.2) is 10.9 Å². The fourth-order valence-electron chi connectivity index (χ4n) is 5.95.